The zero-order valence-corrected chi connectivity index (χ0v) is 18.2. The average molecular weight is 444 g/mol. The Morgan fingerprint density at radius 3 is 2.42 bits per heavy atom. The summed E-state index contributed by atoms with van der Waals surface area (Å²) in [6, 6.07) is 14.4. The smallest absolute Gasteiger partial charge is 0.163 e. The van der Waals surface area contributed by atoms with E-state index in [9.17, 15) is 14.3 Å². The number of hydrogen-bond donors (Lipinski definition) is 1. The number of carbonyl (C=O) groups is 1. The molecular weight excluding hydrogens is 421 g/mol. The van der Waals surface area contributed by atoms with E-state index < -0.39 is 11.4 Å². The van der Waals surface area contributed by atoms with E-state index in [1.165, 1.54) is 25.3 Å². The topological polar surface area (TPSA) is 68.7 Å². The van der Waals surface area contributed by atoms with E-state index in [-0.39, 0.29) is 23.6 Å². The van der Waals surface area contributed by atoms with Crippen LogP contribution in [-0.4, -0.2) is 30.1 Å². The molecule has 0 saturated heterocycles. The summed E-state index contributed by atoms with van der Waals surface area (Å²) in [7, 11) is 3.06. The first-order chi connectivity index (χ1) is 14.7. The molecule has 0 aliphatic heterocycles. The van der Waals surface area contributed by atoms with E-state index in [2.05, 4.69) is 4.98 Å². The van der Waals surface area contributed by atoms with E-state index in [4.69, 9.17) is 21.1 Å². The van der Waals surface area contributed by atoms with E-state index in [1.807, 2.05) is 0 Å². The standard InChI is InChI=1S/C24H23ClFNO4/c1-24(29,13-12-20(28)15-4-7-17(30-2)8-5-15)22-11-10-21(31-3)23(27-22)16-6-9-19(26)18(25)14-16/h4-11,14,29H,12-13H2,1-3H3. The quantitative estimate of drug-likeness (QED) is 0.470. The molecule has 1 N–H and O–H groups in total. The van der Waals surface area contributed by atoms with Gasteiger partial charge in [0.2, 0.25) is 0 Å². The molecule has 1 atom stereocenters. The number of benzene rings is 2. The fourth-order valence-electron chi connectivity index (χ4n) is 3.17. The number of carbonyl (C=O) groups excluding carboxylic acids is 1. The van der Waals surface area contributed by atoms with Gasteiger partial charge in [-0.25, -0.2) is 9.37 Å². The van der Waals surface area contributed by atoms with Crippen molar-refractivity contribution in [1.82, 2.24) is 4.98 Å². The van der Waals surface area contributed by atoms with Crippen LogP contribution in [-0.2, 0) is 5.60 Å². The van der Waals surface area contributed by atoms with Crippen molar-refractivity contribution in [2.75, 3.05) is 14.2 Å². The third-order valence-electron chi connectivity index (χ3n) is 5.07. The van der Waals surface area contributed by atoms with Gasteiger partial charge in [0, 0.05) is 17.5 Å². The third-order valence-corrected chi connectivity index (χ3v) is 5.36. The van der Waals surface area contributed by atoms with Crippen molar-refractivity contribution in [3.05, 3.63) is 76.7 Å². The average Bonchev–Trinajstić information content (AvgIpc) is 2.79. The van der Waals surface area contributed by atoms with Gasteiger partial charge in [-0.15, -0.1) is 0 Å². The Morgan fingerprint density at radius 2 is 1.81 bits per heavy atom. The Labute approximate surface area is 185 Å². The van der Waals surface area contributed by atoms with Crippen molar-refractivity contribution < 1.29 is 23.8 Å². The Kier molecular flexibility index (Phi) is 6.93. The van der Waals surface area contributed by atoms with Crippen molar-refractivity contribution in [3.63, 3.8) is 0 Å². The lowest BCUT2D eigenvalue weighted by Crippen LogP contribution is -2.24. The second kappa shape index (κ2) is 9.45. The summed E-state index contributed by atoms with van der Waals surface area (Å²) in [6.45, 7) is 1.60. The lowest BCUT2D eigenvalue weighted by Gasteiger charge is -2.24. The second-order valence-corrected chi connectivity index (χ2v) is 7.71. The van der Waals surface area contributed by atoms with Crippen LogP contribution in [0.2, 0.25) is 5.02 Å². The monoisotopic (exact) mass is 443 g/mol. The Hall–Kier alpha value is -2.96. The minimum Gasteiger partial charge on any atom is -0.497 e. The van der Waals surface area contributed by atoms with Gasteiger partial charge in [0.1, 0.15) is 28.6 Å². The predicted octanol–water partition coefficient (Wildman–Crippen LogP) is 5.43. The lowest BCUT2D eigenvalue weighted by atomic mass is 9.92. The van der Waals surface area contributed by atoms with Gasteiger partial charge in [0.15, 0.2) is 5.78 Å². The molecule has 0 bridgehead atoms. The molecule has 1 unspecified atom stereocenters. The minimum absolute atomic E-state index is 0.0383. The number of ketones is 1. The van der Waals surface area contributed by atoms with Crippen LogP contribution in [0.4, 0.5) is 4.39 Å². The summed E-state index contributed by atoms with van der Waals surface area (Å²) in [5.41, 5.74) is 0.513. The molecule has 5 nitrogen and oxygen atoms in total. The van der Waals surface area contributed by atoms with Crippen LogP contribution >= 0.6 is 11.6 Å². The minimum atomic E-state index is -1.37. The first kappa shape index (κ1) is 22.7. The summed E-state index contributed by atoms with van der Waals surface area (Å²) in [5, 5.41) is 11.0. The Bertz CT molecular complexity index is 1080. The number of pyridine rings is 1. The summed E-state index contributed by atoms with van der Waals surface area (Å²) < 4.78 is 24.0. The molecule has 3 rings (SSSR count). The molecule has 0 fully saturated rings. The van der Waals surface area contributed by atoms with Gasteiger partial charge in [-0.1, -0.05) is 11.6 Å². The number of nitrogens with zero attached hydrogens (tertiary/aromatic N) is 1. The number of hydrogen-bond acceptors (Lipinski definition) is 5. The van der Waals surface area contributed by atoms with Gasteiger partial charge in [-0.2, -0.15) is 0 Å². The fraction of sp³-hybridized carbons (Fsp3) is 0.250. The largest absolute Gasteiger partial charge is 0.497 e. The highest BCUT2D eigenvalue weighted by molar-refractivity contribution is 6.31. The Morgan fingerprint density at radius 1 is 1.10 bits per heavy atom. The lowest BCUT2D eigenvalue weighted by molar-refractivity contribution is 0.0397. The first-order valence-electron chi connectivity index (χ1n) is 9.65. The predicted molar refractivity (Wildman–Crippen MR) is 117 cm³/mol. The first-order valence-corrected chi connectivity index (χ1v) is 10.0. The highest BCUT2D eigenvalue weighted by Crippen LogP contribution is 2.34. The Balaban J connectivity index is 1.83. The number of aliphatic hydroxyl groups is 1. The fourth-order valence-corrected chi connectivity index (χ4v) is 3.35. The molecule has 0 saturated carbocycles. The van der Waals surface area contributed by atoms with Crippen LogP contribution in [0.3, 0.4) is 0 Å². The maximum atomic E-state index is 13.6. The molecule has 0 spiro atoms. The number of aromatic nitrogens is 1. The molecule has 0 aliphatic rings. The van der Waals surface area contributed by atoms with Gasteiger partial charge in [-0.05, 0) is 67.9 Å². The SMILES string of the molecule is COc1ccc(C(=O)CCC(C)(O)c2ccc(OC)c(-c3ccc(F)c(Cl)c3)n2)cc1. The van der Waals surface area contributed by atoms with Crippen molar-refractivity contribution >= 4 is 17.4 Å². The van der Waals surface area contributed by atoms with Crippen molar-refractivity contribution in [2.45, 2.75) is 25.4 Å². The van der Waals surface area contributed by atoms with Crippen LogP contribution < -0.4 is 9.47 Å². The van der Waals surface area contributed by atoms with Crippen LogP contribution in [0, 0.1) is 5.82 Å². The molecule has 162 valence electrons. The van der Waals surface area contributed by atoms with Crippen LogP contribution in [0.25, 0.3) is 11.3 Å². The van der Waals surface area contributed by atoms with Crippen molar-refractivity contribution in [2.24, 2.45) is 0 Å². The highest BCUT2D eigenvalue weighted by Gasteiger charge is 2.27. The number of rotatable bonds is 8. The van der Waals surface area contributed by atoms with Gasteiger partial charge < -0.3 is 14.6 Å². The van der Waals surface area contributed by atoms with E-state index in [0.29, 0.717) is 34.0 Å². The van der Waals surface area contributed by atoms with Crippen LogP contribution in [0.15, 0.2) is 54.6 Å². The van der Waals surface area contributed by atoms with Gasteiger partial charge in [0.25, 0.3) is 0 Å². The highest BCUT2D eigenvalue weighted by atomic mass is 35.5. The van der Waals surface area contributed by atoms with Crippen molar-refractivity contribution in [1.29, 1.82) is 0 Å². The molecule has 0 amide bonds. The molecular formula is C24H23ClFNO4. The van der Waals surface area contributed by atoms with E-state index in [0.717, 1.165) is 0 Å². The van der Waals surface area contributed by atoms with E-state index in [1.54, 1.807) is 50.4 Å². The van der Waals surface area contributed by atoms with Crippen LogP contribution in [0.5, 0.6) is 11.5 Å². The molecule has 1 aromatic heterocycles. The molecule has 1 heterocycles. The number of Topliss-reactive ketones (excluding diaryl/α,β-unsaturated/α-hetero) is 1. The normalized spacial score (nSPS) is 12.8. The molecule has 0 radical (unpaired) electrons. The maximum absolute atomic E-state index is 13.6. The second-order valence-electron chi connectivity index (χ2n) is 7.30. The number of halogens is 2. The molecule has 0 aliphatic carbocycles. The zero-order chi connectivity index (χ0) is 22.6. The number of methoxy groups -OCH3 is 2. The van der Waals surface area contributed by atoms with Gasteiger partial charge >= 0.3 is 0 Å². The summed E-state index contributed by atoms with van der Waals surface area (Å²) in [6.07, 6.45) is 0.297. The van der Waals surface area contributed by atoms with Crippen LogP contribution in [0.1, 0.15) is 35.8 Å². The molecule has 7 heteroatoms. The summed E-state index contributed by atoms with van der Waals surface area (Å²) in [5.74, 6) is 0.488. The zero-order valence-electron chi connectivity index (χ0n) is 17.5. The third kappa shape index (κ3) is 5.21. The molecule has 2 aromatic carbocycles. The van der Waals surface area contributed by atoms with Gasteiger partial charge in [0.05, 0.1) is 24.9 Å². The van der Waals surface area contributed by atoms with Gasteiger partial charge in [-0.3, -0.25) is 4.79 Å². The summed E-state index contributed by atoms with van der Waals surface area (Å²) in [4.78, 5) is 17.1. The molecule has 31 heavy (non-hydrogen) atoms. The molecule has 3 aromatic rings. The van der Waals surface area contributed by atoms with E-state index >= 15 is 0 Å². The summed E-state index contributed by atoms with van der Waals surface area (Å²) >= 11 is 5.91. The maximum Gasteiger partial charge on any atom is 0.163 e. The van der Waals surface area contributed by atoms with Crippen molar-refractivity contribution in [3.8, 4) is 22.8 Å². The number of ether oxygens (including phenoxy) is 2.